The highest BCUT2D eigenvalue weighted by molar-refractivity contribution is 5.36. The van der Waals surface area contributed by atoms with Gasteiger partial charge in [-0.05, 0) is 42.1 Å². The third-order valence-corrected chi connectivity index (χ3v) is 2.16. The fourth-order valence-electron chi connectivity index (χ4n) is 1.53. The van der Waals surface area contributed by atoms with Crippen molar-refractivity contribution in [1.82, 2.24) is 0 Å². The Bertz CT molecular complexity index is 281. The summed E-state index contributed by atoms with van der Waals surface area (Å²) in [5.41, 5.74) is 7.94. The van der Waals surface area contributed by atoms with E-state index in [-0.39, 0.29) is 0 Å². The molecule has 0 bridgehead atoms. The summed E-state index contributed by atoms with van der Waals surface area (Å²) in [5, 5.41) is 9.31. The summed E-state index contributed by atoms with van der Waals surface area (Å²) in [4.78, 5) is 0. The average Bonchev–Trinajstić information content (AvgIpc) is 2.04. The zero-order chi connectivity index (χ0) is 9.84. The molecule has 13 heavy (non-hydrogen) atoms. The van der Waals surface area contributed by atoms with Crippen LogP contribution in [0, 0.1) is 0 Å². The second-order valence-electron chi connectivity index (χ2n) is 3.58. The van der Waals surface area contributed by atoms with Gasteiger partial charge in [0, 0.05) is 0 Å². The molecular weight excluding hydrogens is 162 g/mol. The molecule has 72 valence electrons. The molecule has 1 aromatic carbocycles. The number of benzene rings is 1. The van der Waals surface area contributed by atoms with Gasteiger partial charge in [-0.25, -0.2) is 0 Å². The van der Waals surface area contributed by atoms with Crippen molar-refractivity contribution in [3.05, 3.63) is 29.3 Å². The number of rotatable bonds is 3. The van der Waals surface area contributed by atoms with Crippen LogP contribution < -0.4 is 5.73 Å². The van der Waals surface area contributed by atoms with Crippen LogP contribution in [0.1, 0.15) is 30.9 Å². The van der Waals surface area contributed by atoms with Crippen LogP contribution in [0.25, 0.3) is 0 Å². The van der Waals surface area contributed by atoms with Crippen LogP contribution >= 0.6 is 0 Å². The van der Waals surface area contributed by atoms with Crippen molar-refractivity contribution in [2.75, 3.05) is 6.54 Å². The number of phenols is 1. The molecule has 1 aromatic rings. The molecule has 0 saturated carbocycles. The van der Waals surface area contributed by atoms with Gasteiger partial charge in [-0.3, -0.25) is 0 Å². The van der Waals surface area contributed by atoms with Crippen molar-refractivity contribution in [3.8, 4) is 5.75 Å². The molecular formula is C11H17NO. The standard InChI is InChI=1S/C11H17NO/c1-8(2)11-4-3-10(13)7-9(11)5-6-12/h3-4,7-8,13H,5-6,12H2,1-2H3. The van der Waals surface area contributed by atoms with E-state index in [4.69, 9.17) is 5.73 Å². The van der Waals surface area contributed by atoms with E-state index in [0.29, 0.717) is 18.2 Å². The monoisotopic (exact) mass is 179 g/mol. The van der Waals surface area contributed by atoms with E-state index >= 15 is 0 Å². The normalized spacial score (nSPS) is 10.8. The fourth-order valence-corrected chi connectivity index (χ4v) is 1.53. The number of phenolic OH excluding ortho intramolecular Hbond substituents is 1. The predicted octanol–water partition coefficient (Wildman–Crippen LogP) is 2.02. The summed E-state index contributed by atoms with van der Waals surface area (Å²) in [5.74, 6) is 0.815. The lowest BCUT2D eigenvalue weighted by atomic mass is 9.95. The first-order valence-corrected chi connectivity index (χ1v) is 4.67. The molecule has 0 radical (unpaired) electrons. The van der Waals surface area contributed by atoms with Crippen molar-refractivity contribution in [1.29, 1.82) is 0 Å². The minimum Gasteiger partial charge on any atom is -0.508 e. The van der Waals surface area contributed by atoms with E-state index in [1.807, 2.05) is 12.1 Å². The van der Waals surface area contributed by atoms with Crippen LogP contribution in [0.2, 0.25) is 0 Å². The molecule has 0 saturated heterocycles. The maximum atomic E-state index is 9.31. The first-order chi connectivity index (χ1) is 6.15. The molecule has 0 fully saturated rings. The minimum atomic E-state index is 0.327. The quantitative estimate of drug-likeness (QED) is 0.745. The molecule has 2 nitrogen and oxygen atoms in total. The first-order valence-electron chi connectivity index (χ1n) is 4.67. The molecule has 0 aliphatic rings. The molecule has 0 aliphatic carbocycles. The average molecular weight is 179 g/mol. The Morgan fingerprint density at radius 2 is 2.08 bits per heavy atom. The Balaban J connectivity index is 3.03. The van der Waals surface area contributed by atoms with Gasteiger partial charge in [-0.2, -0.15) is 0 Å². The highest BCUT2D eigenvalue weighted by atomic mass is 16.3. The summed E-state index contributed by atoms with van der Waals surface area (Å²) in [6.45, 7) is 4.92. The van der Waals surface area contributed by atoms with E-state index in [0.717, 1.165) is 12.0 Å². The van der Waals surface area contributed by atoms with Crippen LogP contribution in [0.5, 0.6) is 5.75 Å². The van der Waals surface area contributed by atoms with Gasteiger partial charge in [-0.15, -0.1) is 0 Å². The van der Waals surface area contributed by atoms with Crippen LogP contribution in [0.15, 0.2) is 18.2 Å². The summed E-state index contributed by atoms with van der Waals surface area (Å²) in [6.07, 6.45) is 0.835. The van der Waals surface area contributed by atoms with Crippen LogP contribution in [0.3, 0.4) is 0 Å². The Morgan fingerprint density at radius 1 is 1.38 bits per heavy atom. The Labute approximate surface area is 79.4 Å². The van der Waals surface area contributed by atoms with E-state index in [2.05, 4.69) is 13.8 Å². The lowest BCUT2D eigenvalue weighted by molar-refractivity contribution is 0.474. The molecule has 0 heterocycles. The smallest absolute Gasteiger partial charge is 0.115 e. The van der Waals surface area contributed by atoms with Crippen LogP contribution in [-0.4, -0.2) is 11.7 Å². The van der Waals surface area contributed by atoms with E-state index in [1.165, 1.54) is 5.56 Å². The lowest BCUT2D eigenvalue weighted by Crippen LogP contribution is -2.05. The molecule has 3 N–H and O–H groups in total. The van der Waals surface area contributed by atoms with Gasteiger partial charge in [0.1, 0.15) is 5.75 Å². The SMILES string of the molecule is CC(C)c1ccc(O)cc1CCN. The topological polar surface area (TPSA) is 46.2 Å². The van der Waals surface area contributed by atoms with Gasteiger partial charge < -0.3 is 10.8 Å². The second kappa shape index (κ2) is 4.28. The van der Waals surface area contributed by atoms with Crippen LogP contribution in [0.4, 0.5) is 0 Å². The van der Waals surface area contributed by atoms with Gasteiger partial charge >= 0.3 is 0 Å². The zero-order valence-corrected chi connectivity index (χ0v) is 8.25. The van der Waals surface area contributed by atoms with Gasteiger partial charge in [0.05, 0.1) is 0 Å². The molecule has 0 amide bonds. The Morgan fingerprint density at radius 3 is 2.62 bits per heavy atom. The minimum absolute atomic E-state index is 0.327. The van der Waals surface area contributed by atoms with E-state index in [1.54, 1.807) is 6.07 Å². The van der Waals surface area contributed by atoms with Crippen molar-refractivity contribution in [2.24, 2.45) is 5.73 Å². The number of aromatic hydroxyl groups is 1. The second-order valence-corrected chi connectivity index (χ2v) is 3.58. The highest BCUT2D eigenvalue weighted by Gasteiger charge is 2.06. The summed E-state index contributed by atoms with van der Waals surface area (Å²) in [7, 11) is 0. The Kier molecular flexibility index (Phi) is 3.32. The summed E-state index contributed by atoms with van der Waals surface area (Å²) < 4.78 is 0. The number of hydrogen-bond acceptors (Lipinski definition) is 2. The molecule has 0 unspecified atom stereocenters. The van der Waals surface area contributed by atoms with Crippen molar-refractivity contribution >= 4 is 0 Å². The molecule has 0 atom stereocenters. The largest absolute Gasteiger partial charge is 0.508 e. The number of nitrogens with two attached hydrogens (primary N) is 1. The molecule has 1 rings (SSSR count). The fraction of sp³-hybridized carbons (Fsp3) is 0.455. The molecule has 0 spiro atoms. The van der Waals surface area contributed by atoms with E-state index in [9.17, 15) is 5.11 Å². The van der Waals surface area contributed by atoms with Gasteiger partial charge in [-0.1, -0.05) is 19.9 Å². The van der Waals surface area contributed by atoms with Crippen molar-refractivity contribution in [2.45, 2.75) is 26.2 Å². The van der Waals surface area contributed by atoms with E-state index < -0.39 is 0 Å². The van der Waals surface area contributed by atoms with Crippen LogP contribution in [-0.2, 0) is 6.42 Å². The van der Waals surface area contributed by atoms with Gasteiger partial charge in [0.2, 0.25) is 0 Å². The van der Waals surface area contributed by atoms with Gasteiger partial charge in [0.25, 0.3) is 0 Å². The highest BCUT2D eigenvalue weighted by Crippen LogP contribution is 2.23. The zero-order valence-electron chi connectivity index (χ0n) is 8.25. The Hall–Kier alpha value is -1.02. The first kappa shape index (κ1) is 10.1. The molecule has 2 heteroatoms. The molecule has 0 aromatic heterocycles. The molecule has 0 aliphatic heterocycles. The van der Waals surface area contributed by atoms with Crippen molar-refractivity contribution in [3.63, 3.8) is 0 Å². The van der Waals surface area contributed by atoms with Gasteiger partial charge in [0.15, 0.2) is 0 Å². The van der Waals surface area contributed by atoms with Crippen molar-refractivity contribution < 1.29 is 5.11 Å². The summed E-state index contributed by atoms with van der Waals surface area (Å²) in [6, 6.07) is 5.52. The maximum absolute atomic E-state index is 9.31. The lowest BCUT2D eigenvalue weighted by Gasteiger charge is -2.12. The maximum Gasteiger partial charge on any atom is 0.115 e. The third-order valence-electron chi connectivity index (χ3n) is 2.16. The predicted molar refractivity (Wildman–Crippen MR) is 55.0 cm³/mol. The summed E-state index contributed by atoms with van der Waals surface area (Å²) >= 11 is 0. The third kappa shape index (κ3) is 2.46. The number of hydrogen-bond donors (Lipinski definition) is 2.